The van der Waals surface area contributed by atoms with Gasteiger partial charge in [0.1, 0.15) is 0 Å². The molecule has 1 fully saturated rings. The molecule has 0 aromatic rings. The van der Waals surface area contributed by atoms with Crippen LogP contribution in [0.3, 0.4) is 0 Å². The molecule has 1 saturated carbocycles. The van der Waals surface area contributed by atoms with Gasteiger partial charge in [-0.05, 0) is 19.8 Å². The van der Waals surface area contributed by atoms with E-state index >= 15 is 0 Å². The number of carbonyl (C=O) groups excluding carboxylic acids is 1. The smallest absolute Gasteiger partial charge is 0.332 e. The van der Waals surface area contributed by atoms with Gasteiger partial charge in [-0.3, -0.25) is 9.63 Å². The number of hydrogen-bond donors (Lipinski definition) is 3. The highest BCUT2D eigenvalue weighted by atomic mass is 16.7. The van der Waals surface area contributed by atoms with Crippen molar-refractivity contribution in [1.82, 2.24) is 5.48 Å². The molecule has 4 N–H and O–H groups in total. The Kier molecular flexibility index (Phi) is 3.65. The molecule has 1 aliphatic rings. The first-order chi connectivity index (χ1) is 6.97. The van der Waals surface area contributed by atoms with Crippen LogP contribution in [0.15, 0.2) is 0 Å². The maximum absolute atomic E-state index is 11.6. The number of nitrogens with two attached hydrogens (primary N) is 1. The van der Waals surface area contributed by atoms with Crippen molar-refractivity contribution in [2.45, 2.75) is 32.2 Å². The normalized spacial score (nSPS) is 30.1. The van der Waals surface area contributed by atoms with Gasteiger partial charge in [0.15, 0.2) is 6.61 Å². The summed E-state index contributed by atoms with van der Waals surface area (Å²) in [5.41, 5.74) is 7.30. The van der Waals surface area contributed by atoms with E-state index in [2.05, 4.69) is 10.3 Å². The van der Waals surface area contributed by atoms with E-state index < -0.39 is 18.0 Å². The molecule has 86 valence electrons. The van der Waals surface area contributed by atoms with Gasteiger partial charge in [0.25, 0.3) is 5.91 Å². The highest BCUT2D eigenvalue weighted by molar-refractivity contribution is 5.82. The summed E-state index contributed by atoms with van der Waals surface area (Å²) in [6.45, 7) is 1.22. The van der Waals surface area contributed by atoms with Crippen LogP contribution in [0.1, 0.15) is 26.2 Å². The second-order valence-electron chi connectivity index (χ2n) is 4.03. The molecule has 0 aromatic heterocycles. The van der Waals surface area contributed by atoms with Crippen molar-refractivity contribution in [3.05, 3.63) is 0 Å². The van der Waals surface area contributed by atoms with E-state index in [1.54, 1.807) is 6.92 Å². The average molecular weight is 216 g/mol. The van der Waals surface area contributed by atoms with Crippen LogP contribution in [0.5, 0.6) is 0 Å². The first kappa shape index (κ1) is 11.9. The number of rotatable bonds is 4. The Labute approximate surface area is 87.7 Å². The molecule has 0 saturated heterocycles. The predicted octanol–water partition coefficient (Wildman–Crippen LogP) is -0.364. The highest BCUT2D eigenvalue weighted by Crippen LogP contribution is 2.36. The van der Waals surface area contributed by atoms with Gasteiger partial charge in [-0.25, -0.2) is 10.3 Å². The molecular weight excluding hydrogens is 200 g/mol. The lowest BCUT2D eigenvalue weighted by molar-refractivity contribution is -0.153. The molecule has 1 aliphatic carbocycles. The zero-order chi connectivity index (χ0) is 11.5. The van der Waals surface area contributed by atoms with E-state index in [-0.39, 0.29) is 11.9 Å². The molecule has 0 radical (unpaired) electrons. The monoisotopic (exact) mass is 216 g/mol. The number of amides is 1. The van der Waals surface area contributed by atoms with Crippen molar-refractivity contribution in [1.29, 1.82) is 0 Å². The third kappa shape index (κ3) is 2.66. The van der Waals surface area contributed by atoms with Gasteiger partial charge in [0, 0.05) is 6.04 Å². The predicted molar refractivity (Wildman–Crippen MR) is 51.7 cm³/mol. The fourth-order valence-electron chi connectivity index (χ4n) is 1.76. The third-order valence-corrected chi connectivity index (χ3v) is 2.91. The van der Waals surface area contributed by atoms with Gasteiger partial charge in [-0.2, -0.15) is 0 Å². The number of carbonyl (C=O) groups is 2. The number of aliphatic carboxylic acids is 1. The second kappa shape index (κ2) is 4.59. The lowest BCUT2D eigenvalue weighted by Crippen LogP contribution is -2.47. The minimum atomic E-state index is -1.13. The summed E-state index contributed by atoms with van der Waals surface area (Å²) in [7, 11) is 0. The van der Waals surface area contributed by atoms with E-state index in [0.717, 1.165) is 12.8 Å². The number of carboxylic acid groups (broad SMARTS) is 1. The summed E-state index contributed by atoms with van der Waals surface area (Å²) in [4.78, 5) is 26.3. The summed E-state index contributed by atoms with van der Waals surface area (Å²) in [5.74, 6) is -1.47. The lowest BCUT2D eigenvalue weighted by atomic mass is 9.84. The van der Waals surface area contributed by atoms with Crippen LogP contribution in [0, 0.1) is 5.41 Å². The summed E-state index contributed by atoms with van der Waals surface area (Å²) >= 11 is 0. The van der Waals surface area contributed by atoms with Gasteiger partial charge < -0.3 is 10.8 Å². The number of hydrogen-bond acceptors (Lipinski definition) is 4. The van der Waals surface area contributed by atoms with Gasteiger partial charge in [0.2, 0.25) is 0 Å². The Hall–Kier alpha value is -1.14. The number of carboxylic acids is 1. The molecule has 1 rings (SSSR count). The van der Waals surface area contributed by atoms with E-state index in [0.29, 0.717) is 6.42 Å². The molecule has 1 amide bonds. The summed E-state index contributed by atoms with van der Waals surface area (Å²) in [6, 6.07) is -0.189. The van der Waals surface area contributed by atoms with Crippen molar-refractivity contribution in [3.8, 4) is 0 Å². The van der Waals surface area contributed by atoms with Gasteiger partial charge >= 0.3 is 5.97 Å². The van der Waals surface area contributed by atoms with E-state index in [1.165, 1.54) is 0 Å². The third-order valence-electron chi connectivity index (χ3n) is 2.91. The molecule has 0 aliphatic heterocycles. The van der Waals surface area contributed by atoms with Crippen LogP contribution in [-0.2, 0) is 14.4 Å². The molecule has 6 heteroatoms. The van der Waals surface area contributed by atoms with Crippen molar-refractivity contribution in [2.75, 3.05) is 6.61 Å². The topological polar surface area (TPSA) is 102 Å². The fourth-order valence-corrected chi connectivity index (χ4v) is 1.76. The van der Waals surface area contributed by atoms with Gasteiger partial charge in [-0.1, -0.05) is 6.42 Å². The Balaban J connectivity index is 2.42. The van der Waals surface area contributed by atoms with Crippen LogP contribution in [0.25, 0.3) is 0 Å². The molecule has 6 nitrogen and oxygen atoms in total. The van der Waals surface area contributed by atoms with Gasteiger partial charge in [0.05, 0.1) is 5.41 Å². The standard InChI is InChI=1S/C9H16N2O4/c1-9(4-2-3-6(9)10)8(14)11-15-5-7(12)13/h6H,2-5,10H2,1H3,(H,11,14)(H,12,13). The molecule has 15 heavy (non-hydrogen) atoms. The second-order valence-corrected chi connectivity index (χ2v) is 4.03. The number of hydroxylamine groups is 1. The molecule has 0 spiro atoms. The Morgan fingerprint density at radius 2 is 2.33 bits per heavy atom. The average Bonchev–Trinajstić information content (AvgIpc) is 2.47. The zero-order valence-corrected chi connectivity index (χ0v) is 8.66. The van der Waals surface area contributed by atoms with Crippen molar-refractivity contribution in [3.63, 3.8) is 0 Å². The summed E-state index contributed by atoms with van der Waals surface area (Å²) < 4.78 is 0. The first-order valence-corrected chi connectivity index (χ1v) is 4.86. The molecule has 2 unspecified atom stereocenters. The SMILES string of the molecule is CC1(C(=O)NOCC(=O)O)CCCC1N. The van der Waals surface area contributed by atoms with E-state index in [4.69, 9.17) is 10.8 Å². The molecule has 0 bridgehead atoms. The van der Waals surface area contributed by atoms with Crippen molar-refractivity contribution < 1.29 is 19.5 Å². The van der Waals surface area contributed by atoms with Crippen LogP contribution in [0.2, 0.25) is 0 Å². The maximum atomic E-state index is 11.6. The lowest BCUT2D eigenvalue weighted by Gasteiger charge is -2.26. The quantitative estimate of drug-likeness (QED) is 0.557. The van der Waals surface area contributed by atoms with E-state index in [9.17, 15) is 9.59 Å². The van der Waals surface area contributed by atoms with Crippen LogP contribution in [-0.4, -0.2) is 29.6 Å². The minimum absolute atomic E-state index is 0.189. The Morgan fingerprint density at radius 1 is 1.67 bits per heavy atom. The Bertz CT molecular complexity index is 269. The molecule has 0 heterocycles. The van der Waals surface area contributed by atoms with Crippen molar-refractivity contribution >= 4 is 11.9 Å². The largest absolute Gasteiger partial charge is 0.479 e. The minimum Gasteiger partial charge on any atom is -0.479 e. The van der Waals surface area contributed by atoms with Crippen molar-refractivity contribution in [2.24, 2.45) is 11.1 Å². The number of nitrogens with one attached hydrogen (secondary N) is 1. The molecule has 2 atom stereocenters. The van der Waals surface area contributed by atoms with E-state index in [1.807, 2.05) is 0 Å². The van der Waals surface area contributed by atoms with Crippen LogP contribution < -0.4 is 11.2 Å². The first-order valence-electron chi connectivity index (χ1n) is 4.86. The Morgan fingerprint density at radius 3 is 2.80 bits per heavy atom. The molecular formula is C9H16N2O4. The fraction of sp³-hybridized carbons (Fsp3) is 0.778. The highest BCUT2D eigenvalue weighted by Gasteiger charge is 2.43. The van der Waals surface area contributed by atoms with Crippen LogP contribution >= 0.6 is 0 Å². The zero-order valence-electron chi connectivity index (χ0n) is 8.66. The van der Waals surface area contributed by atoms with Crippen LogP contribution in [0.4, 0.5) is 0 Å². The van der Waals surface area contributed by atoms with Gasteiger partial charge in [-0.15, -0.1) is 0 Å². The summed E-state index contributed by atoms with van der Waals surface area (Å²) in [6.07, 6.45) is 2.42. The maximum Gasteiger partial charge on any atom is 0.332 e. The molecule has 0 aromatic carbocycles. The summed E-state index contributed by atoms with van der Waals surface area (Å²) in [5, 5.41) is 8.31.